The molecule has 5 nitrogen and oxygen atoms in total. The Balaban J connectivity index is 2.86. The molecule has 1 aromatic rings. The van der Waals surface area contributed by atoms with Crippen molar-refractivity contribution in [2.24, 2.45) is 5.92 Å². The molecule has 1 heterocycles. The standard InChI is InChI=1S/C14H26BrN3O2/c1-5-16-13(8-11(2)10-20-4)14-12(15)9-17-18(14)6-7-19-3/h9,11,13,16H,5-8,10H2,1-4H3. The minimum Gasteiger partial charge on any atom is -0.384 e. The topological polar surface area (TPSA) is 48.3 Å². The average Bonchev–Trinajstić information content (AvgIpc) is 2.77. The van der Waals surface area contributed by atoms with Gasteiger partial charge in [0.2, 0.25) is 0 Å². The predicted octanol–water partition coefficient (Wildman–Crippen LogP) is 2.62. The van der Waals surface area contributed by atoms with Crippen LogP contribution < -0.4 is 5.32 Å². The van der Waals surface area contributed by atoms with Gasteiger partial charge in [-0.25, -0.2) is 0 Å². The quantitative estimate of drug-likeness (QED) is 0.706. The van der Waals surface area contributed by atoms with Gasteiger partial charge in [0.25, 0.3) is 0 Å². The summed E-state index contributed by atoms with van der Waals surface area (Å²) in [6, 6.07) is 0.263. The molecule has 0 aliphatic rings. The van der Waals surface area contributed by atoms with Crippen LogP contribution in [0.4, 0.5) is 0 Å². The van der Waals surface area contributed by atoms with Crippen molar-refractivity contribution in [1.82, 2.24) is 15.1 Å². The van der Waals surface area contributed by atoms with Crippen LogP contribution in [0.3, 0.4) is 0 Å². The first-order valence-electron chi connectivity index (χ1n) is 7.06. The van der Waals surface area contributed by atoms with E-state index in [1.54, 1.807) is 14.2 Å². The van der Waals surface area contributed by atoms with Crippen LogP contribution in [0, 0.1) is 5.92 Å². The highest BCUT2D eigenvalue weighted by molar-refractivity contribution is 9.10. The lowest BCUT2D eigenvalue weighted by atomic mass is 10.00. The molecule has 0 aromatic carbocycles. The molecule has 0 aliphatic heterocycles. The van der Waals surface area contributed by atoms with Gasteiger partial charge in [-0.2, -0.15) is 5.10 Å². The molecule has 0 radical (unpaired) electrons. The zero-order chi connectivity index (χ0) is 15.0. The van der Waals surface area contributed by atoms with Crippen molar-refractivity contribution in [1.29, 1.82) is 0 Å². The normalized spacial score (nSPS) is 14.4. The Morgan fingerprint density at radius 2 is 2.15 bits per heavy atom. The fraction of sp³-hybridized carbons (Fsp3) is 0.786. The second kappa shape index (κ2) is 9.50. The minimum absolute atomic E-state index is 0.263. The van der Waals surface area contributed by atoms with Crippen LogP contribution in [0.25, 0.3) is 0 Å². The maximum Gasteiger partial charge on any atom is 0.0696 e. The molecule has 0 spiro atoms. The largest absolute Gasteiger partial charge is 0.384 e. The fourth-order valence-corrected chi connectivity index (χ4v) is 2.94. The number of ether oxygens (including phenoxy) is 2. The maximum absolute atomic E-state index is 5.24. The van der Waals surface area contributed by atoms with E-state index >= 15 is 0 Å². The van der Waals surface area contributed by atoms with Gasteiger partial charge >= 0.3 is 0 Å². The van der Waals surface area contributed by atoms with Gasteiger partial charge in [-0.1, -0.05) is 13.8 Å². The van der Waals surface area contributed by atoms with Crippen LogP contribution in [-0.4, -0.2) is 43.8 Å². The molecule has 20 heavy (non-hydrogen) atoms. The fourth-order valence-electron chi connectivity index (χ4n) is 2.37. The second-order valence-electron chi connectivity index (χ2n) is 5.00. The van der Waals surface area contributed by atoms with Crippen molar-refractivity contribution in [3.63, 3.8) is 0 Å². The minimum atomic E-state index is 0.263. The predicted molar refractivity (Wildman–Crippen MR) is 83.9 cm³/mol. The SMILES string of the molecule is CCNC(CC(C)COC)c1c(Br)cnn1CCOC. The molecule has 2 unspecified atom stereocenters. The third kappa shape index (κ3) is 5.16. The van der Waals surface area contributed by atoms with Crippen molar-refractivity contribution in [2.75, 3.05) is 34.0 Å². The first-order valence-corrected chi connectivity index (χ1v) is 7.85. The Morgan fingerprint density at radius 1 is 1.40 bits per heavy atom. The monoisotopic (exact) mass is 347 g/mol. The number of nitrogens with zero attached hydrogens (tertiary/aromatic N) is 2. The van der Waals surface area contributed by atoms with Gasteiger partial charge in [0.1, 0.15) is 0 Å². The molecule has 116 valence electrons. The molecule has 0 fully saturated rings. The van der Waals surface area contributed by atoms with Gasteiger partial charge in [-0.3, -0.25) is 4.68 Å². The number of methoxy groups -OCH3 is 2. The first kappa shape index (κ1) is 17.6. The third-order valence-corrected chi connectivity index (χ3v) is 3.82. The van der Waals surface area contributed by atoms with E-state index in [9.17, 15) is 0 Å². The van der Waals surface area contributed by atoms with E-state index in [1.807, 2.05) is 10.9 Å². The van der Waals surface area contributed by atoms with Crippen molar-refractivity contribution >= 4 is 15.9 Å². The van der Waals surface area contributed by atoms with Gasteiger partial charge < -0.3 is 14.8 Å². The molecular formula is C14H26BrN3O2. The summed E-state index contributed by atoms with van der Waals surface area (Å²) in [6.45, 7) is 7.44. The molecule has 0 amide bonds. The van der Waals surface area contributed by atoms with E-state index in [1.165, 1.54) is 5.69 Å². The molecule has 1 aromatic heterocycles. The molecule has 0 saturated heterocycles. The van der Waals surface area contributed by atoms with Crippen LogP contribution in [0.2, 0.25) is 0 Å². The Hall–Kier alpha value is -0.430. The highest BCUT2D eigenvalue weighted by atomic mass is 79.9. The van der Waals surface area contributed by atoms with Crippen molar-refractivity contribution < 1.29 is 9.47 Å². The molecule has 1 N–H and O–H groups in total. The Labute approximate surface area is 130 Å². The summed E-state index contributed by atoms with van der Waals surface area (Å²) < 4.78 is 13.5. The maximum atomic E-state index is 5.24. The smallest absolute Gasteiger partial charge is 0.0696 e. The average molecular weight is 348 g/mol. The number of rotatable bonds is 10. The van der Waals surface area contributed by atoms with Gasteiger partial charge in [-0.15, -0.1) is 0 Å². The molecular weight excluding hydrogens is 322 g/mol. The summed E-state index contributed by atoms with van der Waals surface area (Å²) in [7, 11) is 3.46. The third-order valence-electron chi connectivity index (χ3n) is 3.21. The van der Waals surface area contributed by atoms with Gasteiger partial charge in [-0.05, 0) is 34.8 Å². The van der Waals surface area contributed by atoms with Crippen molar-refractivity contribution in [3.8, 4) is 0 Å². The van der Waals surface area contributed by atoms with Gasteiger partial charge in [0, 0.05) is 20.8 Å². The Bertz CT molecular complexity index is 384. The van der Waals surface area contributed by atoms with E-state index < -0.39 is 0 Å². The Morgan fingerprint density at radius 3 is 2.75 bits per heavy atom. The molecule has 0 saturated carbocycles. The lowest BCUT2D eigenvalue weighted by molar-refractivity contribution is 0.147. The summed E-state index contributed by atoms with van der Waals surface area (Å²) in [4.78, 5) is 0. The highest BCUT2D eigenvalue weighted by Crippen LogP contribution is 2.28. The van der Waals surface area contributed by atoms with Gasteiger partial charge in [0.05, 0.1) is 35.6 Å². The second-order valence-corrected chi connectivity index (χ2v) is 5.85. The summed E-state index contributed by atoms with van der Waals surface area (Å²) in [6.07, 6.45) is 2.87. The van der Waals surface area contributed by atoms with Crippen LogP contribution in [-0.2, 0) is 16.0 Å². The van der Waals surface area contributed by atoms with E-state index in [4.69, 9.17) is 9.47 Å². The zero-order valence-electron chi connectivity index (χ0n) is 12.9. The Kier molecular flexibility index (Phi) is 8.37. The number of hydrogen-bond donors (Lipinski definition) is 1. The van der Waals surface area contributed by atoms with E-state index in [2.05, 4.69) is 40.2 Å². The summed E-state index contributed by atoms with van der Waals surface area (Å²) in [5, 5.41) is 7.97. The van der Waals surface area contributed by atoms with Crippen LogP contribution >= 0.6 is 15.9 Å². The number of aromatic nitrogens is 2. The highest BCUT2D eigenvalue weighted by Gasteiger charge is 2.21. The number of hydrogen-bond acceptors (Lipinski definition) is 4. The van der Waals surface area contributed by atoms with Crippen molar-refractivity contribution in [3.05, 3.63) is 16.4 Å². The van der Waals surface area contributed by atoms with E-state index in [-0.39, 0.29) is 6.04 Å². The van der Waals surface area contributed by atoms with Crippen LogP contribution in [0.5, 0.6) is 0 Å². The molecule has 0 bridgehead atoms. The number of nitrogens with one attached hydrogen (secondary N) is 1. The van der Waals surface area contributed by atoms with E-state index in [0.717, 1.165) is 30.6 Å². The van der Waals surface area contributed by atoms with Crippen LogP contribution in [0.1, 0.15) is 32.0 Å². The van der Waals surface area contributed by atoms with Crippen molar-refractivity contribution in [2.45, 2.75) is 32.9 Å². The van der Waals surface area contributed by atoms with E-state index in [0.29, 0.717) is 12.5 Å². The molecule has 6 heteroatoms. The first-order chi connectivity index (χ1) is 9.63. The lowest BCUT2D eigenvalue weighted by Gasteiger charge is -2.23. The summed E-state index contributed by atoms with van der Waals surface area (Å²) in [5.41, 5.74) is 1.19. The zero-order valence-corrected chi connectivity index (χ0v) is 14.4. The van der Waals surface area contributed by atoms with Crippen LogP contribution in [0.15, 0.2) is 10.7 Å². The molecule has 0 aliphatic carbocycles. The number of halogens is 1. The molecule has 1 rings (SSSR count). The molecule has 2 atom stereocenters. The lowest BCUT2D eigenvalue weighted by Crippen LogP contribution is -2.27. The van der Waals surface area contributed by atoms with Gasteiger partial charge in [0.15, 0.2) is 0 Å². The summed E-state index contributed by atoms with van der Waals surface area (Å²) >= 11 is 3.61. The summed E-state index contributed by atoms with van der Waals surface area (Å²) in [5.74, 6) is 0.488.